The van der Waals surface area contributed by atoms with Crippen molar-refractivity contribution in [1.82, 2.24) is 15.0 Å². The minimum absolute atomic E-state index is 0.00741. The van der Waals surface area contributed by atoms with Crippen molar-refractivity contribution in [2.75, 3.05) is 18.5 Å². The van der Waals surface area contributed by atoms with Crippen molar-refractivity contribution in [3.05, 3.63) is 51.9 Å². The Labute approximate surface area is 175 Å². The standard InChI is InChI=1S/C17H15F4IN4O3/c18-12-5-9(22)1-2-13(12)24-15-10(16(28)25-29-4-3-27)6-11(17(19,20)21)14-7-23-8-26(14)15/h1-2,5-8,10,15,24,27H,3-4H2,(H,25,28). The number of anilines is 1. The second kappa shape index (κ2) is 8.67. The largest absolute Gasteiger partial charge is 0.418 e. The van der Waals surface area contributed by atoms with Crippen molar-refractivity contribution in [2.45, 2.75) is 12.3 Å². The number of benzene rings is 1. The number of halogens is 5. The SMILES string of the molecule is O=C(NOCCO)C1C=C(C(F)(F)F)c2cncn2C1Nc1ccc(I)cc1F. The number of allylic oxidation sites excluding steroid dienone is 1. The van der Waals surface area contributed by atoms with Crippen LogP contribution in [0.2, 0.25) is 0 Å². The van der Waals surface area contributed by atoms with Crippen LogP contribution in [-0.4, -0.2) is 40.0 Å². The number of imidazole rings is 1. The van der Waals surface area contributed by atoms with Crippen molar-refractivity contribution in [3.63, 3.8) is 0 Å². The maximum absolute atomic E-state index is 14.3. The summed E-state index contributed by atoms with van der Waals surface area (Å²) >= 11 is 1.92. The van der Waals surface area contributed by atoms with Crippen LogP contribution in [0.5, 0.6) is 0 Å². The van der Waals surface area contributed by atoms with Gasteiger partial charge in [0, 0.05) is 3.57 Å². The normalized spacial score (nSPS) is 18.8. The Morgan fingerprint density at radius 1 is 1.38 bits per heavy atom. The molecule has 0 saturated carbocycles. The smallest absolute Gasteiger partial charge is 0.394 e. The molecule has 1 amide bonds. The highest BCUT2D eigenvalue weighted by Crippen LogP contribution is 2.41. The van der Waals surface area contributed by atoms with Gasteiger partial charge in [-0.2, -0.15) is 13.2 Å². The average Bonchev–Trinajstić information content (AvgIpc) is 3.12. The predicted octanol–water partition coefficient (Wildman–Crippen LogP) is 2.85. The lowest BCUT2D eigenvalue weighted by molar-refractivity contribution is -0.138. The van der Waals surface area contributed by atoms with Gasteiger partial charge >= 0.3 is 6.18 Å². The van der Waals surface area contributed by atoms with E-state index >= 15 is 0 Å². The number of rotatable bonds is 6. The number of nitrogens with zero attached hydrogens (tertiary/aromatic N) is 2. The minimum Gasteiger partial charge on any atom is -0.394 e. The molecule has 0 radical (unpaired) electrons. The first-order valence-corrected chi connectivity index (χ1v) is 9.35. The van der Waals surface area contributed by atoms with Crippen LogP contribution in [0.25, 0.3) is 5.57 Å². The molecule has 12 heteroatoms. The third kappa shape index (κ3) is 4.70. The van der Waals surface area contributed by atoms with Crippen LogP contribution in [0.3, 0.4) is 0 Å². The quantitative estimate of drug-likeness (QED) is 0.233. The zero-order chi connectivity index (χ0) is 21.2. The number of aliphatic hydroxyl groups excluding tert-OH is 1. The van der Waals surface area contributed by atoms with E-state index in [0.717, 1.165) is 23.2 Å². The van der Waals surface area contributed by atoms with Crippen LogP contribution >= 0.6 is 22.6 Å². The second-order valence-corrected chi connectivity index (χ2v) is 7.29. The van der Waals surface area contributed by atoms with Gasteiger partial charge in [-0.15, -0.1) is 0 Å². The van der Waals surface area contributed by atoms with Crippen LogP contribution in [-0.2, 0) is 9.63 Å². The summed E-state index contributed by atoms with van der Waals surface area (Å²) < 4.78 is 56.6. The molecule has 2 heterocycles. The highest BCUT2D eigenvalue weighted by molar-refractivity contribution is 14.1. The van der Waals surface area contributed by atoms with Gasteiger partial charge in [-0.05, 0) is 40.8 Å². The zero-order valence-electron chi connectivity index (χ0n) is 14.6. The first-order chi connectivity index (χ1) is 13.7. The van der Waals surface area contributed by atoms with Crippen LogP contribution in [0.4, 0.5) is 23.2 Å². The van der Waals surface area contributed by atoms with Crippen LogP contribution in [0, 0.1) is 15.3 Å². The fourth-order valence-corrected chi connectivity index (χ4v) is 3.34. The maximum Gasteiger partial charge on any atom is 0.418 e. The first-order valence-electron chi connectivity index (χ1n) is 8.27. The average molecular weight is 526 g/mol. The summed E-state index contributed by atoms with van der Waals surface area (Å²) in [5.41, 5.74) is 0.710. The number of fused-ring (bicyclic) bond motifs is 1. The first kappa shape index (κ1) is 21.5. The minimum atomic E-state index is -4.73. The molecule has 0 spiro atoms. The van der Waals surface area contributed by atoms with Crippen molar-refractivity contribution in [1.29, 1.82) is 0 Å². The van der Waals surface area contributed by atoms with Crippen molar-refractivity contribution in [3.8, 4) is 0 Å². The molecule has 3 rings (SSSR count). The van der Waals surface area contributed by atoms with E-state index in [2.05, 4.69) is 10.3 Å². The number of amides is 1. The summed E-state index contributed by atoms with van der Waals surface area (Å²) in [6, 6.07) is 4.28. The molecule has 2 atom stereocenters. The van der Waals surface area contributed by atoms with Gasteiger partial charge in [0.15, 0.2) is 0 Å². The highest BCUT2D eigenvalue weighted by Gasteiger charge is 2.44. The van der Waals surface area contributed by atoms with E-state index in [1.54, 1.807) is 6.07 Å². The summed E-state index contributed by atoms with van der Waals surface area (Å²) in [7, 11) is 0. The number of alkyl halides is 3. The zero-order valence-corrected chi connectivity index (χ0v) is 16.7. The summed E-state index contributed by atoms with van der Waals surface area (Å²) in [4.78, 5) is 21.0. The van der Waals surface area contributed by atoms with Crippen molar-refractivity contribution < 1.29 is 32.3 Å². The third-order valence-electron chi connectivity index (χ3n) is 4.14. The van der Waals surface area contributed by atoms with Gasteiger partial charge < -0.3 is 15.0 Å². The fraction of sp³-hybridized carbons (Fsp3) is 0.294. The molecule has 1 aliphatic rings. The lowest BCUT2D eigenvalue weighted by Gasteiger charge is -2.33. The van der Waals surface area contributed by atoms with Gasteiger partial charge in [0.1, 0.15) is 12.0 Å². The van der Waals surface area contributed by atoms with E-state index in [9.17, 15) is 22.4 Å². The Bertz CT molecular complexity index is 932. The number of carbonyl (C=O) groups is 1. The molecule has 29 heavy (non-hydrogen) atoms. The number of aliphatic hydroxyl groups is 1. The Kier molecular flexibility index (Phi) is 6.43. The lowest BCUT2D eigenvalue weighted by Crippen LogP contribution is -2.41. The Balaban J connectivity index is 2.01. The Morgan fingerprint density at radius 2 is 2.14 bits per heavy atom. The lowest BCUT2D eigenvalue weighted by atomic mass is 9.94. The van der Waals surface area contributed by atoms with Crippen LogP contribution < -0.4 is 10.8 Å². The topological polar surface area (TPSA) is 88.4 Å². The van der Waals surface area contributed by atoms with Gasteiger partial charge in [-0.3, -0.25) is 9.63 Å². The van der Waals surface area contributed by atoms with E-state index in [4.69, 9.17) is 9.94 Å². The molecule has 0 aliphatic carbocycles. The molecule has 0 fully saturated rings. The molecule has 7 nitrogen and oxygen atoms in total. The molecule has 3 N–H and O–H groups in total. The number of hydrogen-bond donors (Lipinski definition) is 3. The monoisotopic (exact) mass is 526 g/mol. The van der Waals surface area contributed by atoms with E-state index in [1.807, 2.05) is 28.1 Å². The summed E-state index contributed by atoms with van der Waals surface area (Å²) in [6.07, 6.45) is -2.94. The molecule has 1 aromatic heterocycles. The van der Waals surface area contributed by atoms with Crippen molar-refractivity contribution in [2.24, 2.45) is 5.92 Å². The molecule has 1 aliphatic heterocycles. The Morgan fingerprint density at radius 3 is 2.79 bits per heavy atom. The van der Waals surface area contributed by atoms with Gasteiger partial charge in [0.2, 0.25) is 0 Å². The molecule has 1 aromatic carbocycles. The fourth-order valence-electron chi connectivity index (χ4n) is 2.88. The van der Waals surface area contributed by atoms with Crippen LogP contribution in [0.1, 0.15) is 11.9 Å². The summed E-state index contributed by atoms with van der Waals surface area (Å²) in [5.74, 6) is -2.94. The van der Waals surface area contributed by atoms with Crippen molar-refractivity contribution >= 4 is 39.8 Å². The second-order valence-electron chi connectivity index (χ2n) is 6.04. The van der Waals surface area contributed by atoms with Crippen LogP contribution in [0.15, 0.2) is 36.8 Å². The molecule has 0 saturated heterocycles. The number of carbonyl (C=O) groups excluding carboxylic acids is 1. The number of nitrogens with one attached hydrogen (secondary N) is 2. The Hall–Kier alpha value is -2.19. The number of hydrogen-bond acceptors (Lipinski definition) is 5. The van der Waals surface area contributed by atoms with Gasteiger partial charge in [0.25, 0.3) is 5.91 Å². The van der Waals surface area contributed by atoms with E-state index < -0.39 is 42.2 Å². The molecular formula is C17H15F4IN4O3. The molecule has 156 valence electrons. The van der Waals surface area contributed by atoms with E-state index in [0.29, 0.717) is 3.57 Å². The molecule has 2 unspecified atom stereocenters. The van der Waals surface area contributed by atoms with E-state index in [-0.39, 0.29) is 18.0 Å². The highest BCUT2D eigenvalue weighted by atomic mass is 127. The summed E-state index contributed by atoms with van der Waals surface area (Å²) in [6.45, 7) is -0.635. The predicted molar refractivity (Wildman–Crippen MR) is 103 cm³/mol. The molecular weight excluding hydrogens is 511 g/mol. The molecule has 2 aromatic rings. The van der Waals surface area contributed by atoms with Gasteiger partial charge in [0.05, 0.1) is 48.6 Å². The number of aromatic nitrogens is 2. The third-order valence-corrected chi connectivity index (χ3v) is 4.81. The number of hydroxylamine groups is 1. The van der Waals surface area contributed by atoms with E-state index in [1.165, 1.54) is 12.1 Å². The van der Waals surface area contributed by atoms with Gasteiger partial charge in [-0.1, -0.05) is 6.08 Å². The molecule has 0 bridgehead atoms. The van der Waals surface area contributed by atoms with Gasteiger partial charge in [-0.25, -0.2) is 14.9 Å². The maximum atomic E-state index is 14.3. The summed E-state index contributed by atoms with van der Waals surface area (Å²) in [5, 5.41) is 11.5.